The van der Waals surface area contributed by atoms with Crippen molar-refractivity contribution in [2.45, 2.75) is 25.8 Å². The van der Waals surface area contributed by atoms with E-state index in [0.29, 0.717) is 6.54 Å². The maximum atomic E-state index is 8.48. The van der Waals surface area contributed by atoms with Crippen molar-refractivity contribution < 1.29 is 0 Å². The summed E-state index contributed by atoms with van der Waals surface area (Å²) < 4.78 is 0. The van der Waals surface area contributed by atoms with Gasteiger partial charge in [-0.3, -0.25) is 5.32 Å². The van der Waals surface area contributed by atoms with Crippen LogP contribution in [0.3, 0.4) is 0 Å². The first-order valence-electron chi connectivity index (χ1n) is 4.80. The third-order valence-corrected chi connectivity index (χ3v) is 2.13. The molecule has 0 heterocycles. The van der Waals surface area contributed by atoms with E-state index in [-0.39, 0.29) is 5.54 Å². The summed E-state index contributed by atoms with van der Waals surface area (Å²) in [6.07, 6.45) is 0.940. The van der Waals surface area contributed by atoms with Crippen molar-refractivity contribution in [3.8, 4) is 6.07 Å². The molecule has 0 aliphatic rings. The van der Waals surface area contributed by atoms with Gasteiger partial charge in [0.25, 0.3) is 0 Å². The van der Waals surface area contributed by atoms with Gasteiger partial charge in [0.2, 0.25) is 0 Å². The predicted octanol–water partition coefficient (Wildman–Crippen LogP) is 2.12. The zero-order chi connectivity index (χ0) is 10.4. The van der Waals surface area contributed by atoms with Gasteiger partial charge in [-0.05, 0) is 25.8 Å². The Labute approximate surface area is 85.6 Å². The minimum Gasteiger partial charge on any atom is -0.299 e. The molecule has 0 amide bonds. The molecule has 1 N–H and O–H groups in total. The van der Waals surface area contributed by atoms with Gasteiger partial charge in [0.05, 0.1) is 12.6 Å². The van der Waals surface area contributed by atoms with Crippen molar-refractivity contribution in [1.82, 2.24) is 5.32 Å². The Morgan fingerprint density at radius 1 is 1.29 bits per heavy atom. The lowest BCUT2D eigenvalue weighted by atomic mass is 9.95. The van der Waals surface area contributed by atoms with Crippen molar-refractivity contribution in [3.63, 3.8) is 0 Å². The number of rotatable bonds is 4. The van der Waals surface area contributed by atoms with E-state index in [0.717, 1.165) is 6.42 Å². The summed E-state index contributed by atoms with van der Waals surface area (Å²) in [6, 6.07) is 12.4. The minimum absolute atomic E-state index is 0.0168. The molecule has 0 bridgehead atoms. The summed E-state index contributed by atoms with van der Waals surface area (Å²) in [4.78, 5) is 0. The summed E-state index contributed by atoms with van der Waals surface area (Å²) in [5.74, 6) is 0. The van der Waals surface area contributed by atoms with E-state index >= 15 is 0 Å². The van der Waals surface area contributed by atoms with Crippen LogP contribution in [0.15, 0.2) is 30.3 Å². The molecule has 0 aliphatic carbocycles. The van der Waals surface area contributed by atoms with Gasteiger partial charge in [0.15, 0.2) is 0 Å². The zero-order valence-electron chi connectivity index (χ0n) is 8.75. The molecule has 0 saturated carbocycles. The number of nitrogens with one attached hydrogen (secondary N) is 1. The lowest BCUT2D eigenvalue weighted by molar-refractivity contribution is 0.407. The molecule has 1 aromatic rings. The Kier molecular flexibility index (Phi) is 3.67. The first-order chi connectivity index (χ1) is 6.64. The molecule has 0 atom stereocenters. The maximum absolute atomic E-state index is 8.48. The molecule has 2 nitrogen and oxygen atoms in total. The van der Waals surface area contributed by atoms with Crippen LogP contribution in [0.4, 0.5) is 0 Å². The van der Waals surface area contributed by atoms with Crippen LogP contribution in [-0.4, -0.2) is 12.1 Å². The average molecular weight is 188 g/mol. The van der Waals surface area contributed by atoms with Crippen molar-refractivity contribution in [3.05, 3.63) is 35.9 Å². The molecule has 0 unspecified atom stereocenters. The van der Waals surface area contributed by atoms with Crippen LogP contribution in [0.25, 0.3) is 0 Å². The van der Waals surface area contributed by atoms with Gasteiger partial charge in [0, 0.05) is 5.54 Å². The SMILES string of the molecule is CC(C)(Cc1ccccc1)NCC#N. The normalized spacial score (nSPS) is 10.9. The smallest absolute Gasteiger partial charge is 0.0845 e. The highest BCUT2D eigenvalue weighted by molar-refractivity contribution is 5.17. The molecule has 2 heteroatoms. The minimum atomic E-state index is -0.0168. The highest BCUT2D eigenvalue weighted by atomic mass is 14.9. The molecule has 0 aromatic heterocycles. The molecule has 0 spiro atoms. The van der Waals surface area contributed by atoms with Crippen molar-refractivity contribution in [1.29, 1.82) is 5.26 Å². The highest BCUT2D eigenvalue weighted by Gasteiger charge is 2.16. The standard InChI is InChI=1S/C12H16N2/c1-12(2,14-9-8-13)10-11-6-4-3-5-7-11/h3-7,14H,9-10H2,1-2H3. The second kappa shape index (κ2) is 4.78. The van der Waals surface area contributed by atoms with Crippen molar-refractivity contribution in [2.75, 3.05) is 6.54 Å². The summed E-state index contributed by atoms with van der Waals surface area (Å²) in [5.41, 5.74) is 1.28. The molecular weight excluding hydrogens is 172 g/mol. The molecule has 1 rings (SSSR count). The number of nitrogens with zero attached hydrogens (tertiary/aromatic N) is 1. The van der Waals surface area contributed by atoms with Gasteiger partial charge in [-0.15, -0.1) is 0 Å². The van der Waals surface area contributed by atoms with Crippen LogP contribution in [0, 0.1) is 11.3 Å². The fraction of sp³-hybridized carbons (Fsp3) is 0.417. The Bertz CT molecular complexity index is 309. The number of benzene rings is 1. The van der Waals surface area contributed by atoms with Crippen molar-refractivity contribution in [2.24, 2.45) is 0 Å². The fourth-order valence-corrected chi connectivity index (χ4v) is 1.45. The van der Waals surface area contributed by atoms with Crippen molar-refractivity contribution >= 4 is 0 Å². The van der Waals surface area contributed by atoms with E-state index in [9.17, 15) is 0 Å². The molecule has 0 radical (unpaired) electrons. The highest BCUT2D eigenvalue weighted by Crippen LogP contribution is 2.11. The summed E-state index contributed by atoms with van der Waals surface area (Å²) in [7, 11) is 0. The Balaban J connectivity index is 2.55. The number of hydrogen-bond donors (Lipinski definition) is 1. The van der Waals surface area contributed by atoms with E-state index in [4.69, 9.17) is 5.26 Å². The first kappa shape index (κ1) is 10.7. The third-order valence-electron chi connectivity index (χ3n) is 2.13. The van der Waals surface area contributed by atoms with Gasteiger partial charge < -0.3 is 0 Å². The summed E-state index contributed by atoms with van der Waals surface area (Å²) in [6.45, 7) is 4.62. The zero-order valence-corrected chi connectivity index (χ0v) is 8.75. The van der Waals surface area contributed by atoms with Crippen LogP contribution in [0.2, 0.25) is 0 Å². The quantitative estimate of drug-likeness (QED) is 0.735. The number of hydrogen-bond acceptors (Lipinski definition) is 2. The van der Waals surface area contributed by atoms with Crippen LogP contribution >= 0.6 is 0 Å². The molecule has 0 saturated heterocycles. The van der Waals surface area contributed by atoms with E-state index in [2.05, 4.69) is 37.4 Å². The van der Waals surface area contributed by atoms with Gasteiger partial charge in [-0.1, -0.05) is 30.3 Å². The van der Waals surface area contributed by atoms with Gasteiger partial charge in [-0.2, -0.15) is 5.26 Å². The van der Waals surface area contributed by atoms with Crippen LogP contribution in [0.1, 0.15) is 19.4 Å². The van der Waals surface area contributed by atoms with Gasteiger partial charge in [-0.25, -0.2) is 0 Å². The Morgan fingerprint density at radius 2 is 1.93 bits per heavy atom. The largest absolute Gasteiger partial charge is 0.299 e. The topological polar surface area (TPSA) is 35.8 Å². The van der Waals surface area contributed by atoms with Gasteiger partial charge in [0.1, 0.15) is 0 Å². The summed E-state index contributed by atoms with van der Waals surface area (Å²) in [5, 5.41) is 11.7. The maximum Gasteiger partial charge on any atom is 0.0845 e. The van der Waals surface area contributed by atoms with Crippen LogP contribution in [-0.2, 0) is 6.42 Å². The van der Waals surface area contributed by atoms with Gasteiger partial charge >= 0.3 is 0 Å². The molecule has 1 aromatic carbocycles. The first-order valence-corrected chi connectivity index (χ1v) is 4.80. The monoisotopic (exact) mass is 188 g/mol. The number of nitriles is 1. The second-order valence-electron chi connectivity index (χ2n) is 4.06. The fourth-order valence-electron chi connectivity index (χ4n) is 1.45. The molecule has 14 heavy (non-hydrogen) atoms. The predicted molar refractivity (Wildman–Crippen MR) is 57.8 cm³/mol. The van der Waals surface area contributed by atoms with E-state index in [1.807, 2.05) is 18.2 Å². The lowest BCUT2D eigenvalue weighted by Gasteiger charge is -2.25. The molecular formula is C12H16N2. The third kappa shape index (κ3) is 3.59. The van der Waals surface area contributed by atoms with E-state index in [1.165, 1.54) is 5.56 Å². The van der Waals surface area contributed by atoms with Crippen LogP contribution < -0.4 is 5.32 Å². The molecule has 74 valence electrons. The average Bonchev–Trinajstić information content (AvgIpc) is 2.16. The second-order valence-corrected chi connectivity index (χ2v) is 4.06. The molecule has 0 fully saturated rings. The van der Waals surface area contributed by atoms with E-state index in [1.54, 1.807) is 0 Å². The lowest BCUT2D eigenvalue weighted by Crippen LogP contribution is -2.41. The Morgan fingerprint density at radius 3 is 2.50 bits per heavy atom. The summed E-state index contributed by atoms with van der Waals surface area (Å²) >= 11 is 0. The molecule has 0 aliphatic heterocycles. The van der Waals surface area contributed by atoms with Crippen LogP contribution in [0.5, 0.6) is 0 Å². The van der Waals surface area contributed by atoms with E-state index < -0.39 is 0 Å². The Hall–Kier alpha value is -1.33.